The number of para-hydroxylation sites is 1. The lowest BCUT2D eigenvalue weighted by Crippen LogP contribution is -2.64. The van der Waals surface area contributed by atoms with E-state index < -0.39 is 42.3 Å². The summed E-state index contributed by atoms with van der Waals surface area (Å²) in [6.07, 6.45) is -4.90. The Kier molecular flexibility index (Phi) is 8.64. The molecule has 4 saturated carbocycles. The third-order valence-electron chi connectivity index (χ3n) is 9.28. The average Bonchev–Trinajstić information content (AvgIpc) is 2.99. The van der Waals surface area contributed by atoms with E-state index in [2.05, 4.69) is 30.7 Å². The molecule has 3 unspecified atom stereocenters. The van der Waals surface area contributed by atoms with Crippen molar-refractivity contribution in [1.82, 2.24) is 15.3 Å². The van der Waals surface area contributed by atoms with Crippen molar-refractivity contribution in [2.75, 3.05) is 17.2 Å². The van der Waals surface area contributed by atoms with Crippen LogP contribution in [0.4, 0.5) is 42.9 Å². The maximum atomic E-state index is 13.9. The highest BCUT2D eigenvalue weighted by Crippen LogP contribution is 2.60. The number of alkyl halides is 6. The number of rotatable bonds is 10. The van der Waals surface area contributed by atoms with Crippen LogP contribution in [0, 0.1) is 23.2 Å². The Bertz CT molecular complexity index is 1520. The lowest BCUT2D eigenvalue weighted by molar-refractivity contribution is -0.274. The fraction of sp³-hybridized carbons (Fsp3) is 0.469. The zero-order valence-electron chi connectivity index (χ0n) is 24.6. The van der Waals surface area contributed by atoms with Gasteiger partial charge in [-0.2, -0.15) is 18.2 Å². The number of alkyl carbamates (subject to hydrolysis) is 1. The number of anilines is 2. The molecule has 1 aromatic heterocycles. The van der Waals surface area contributed by atoms with Crippen molar-refractivity contribution < 1.29 is 40.6 Å². The van der Waals surface area contributed by atoms with Gasteiger partial charge in [0.15, 0.2) is 0 Å². The molecule has 4 aliphatic carbocycles. The van der Waals surface area contributed by atoms with Gasteiger partial charge in [-0.1, -0.05) is 48.5 Å². The molecule has 4 bridgehead atoms. The van der Waals surface area contributed by atoms with Gasteiger partial charge in [-0.15, -0.1) is 13.2 Å². The van der Waals surface area contributed by atoms with E-state index >= 15 is 0 Å². The number of hydrogen-bond acceptors (Lipinski definition) is 7. The van der Waals surface area contributed by atoms with Gasteiger partial charge in [0.2, 0.25) is 5.95 Å². The van der Waals surface area contributed by atoms with Crippen LogP contribution >= 0.6 is 0 Å². The quantitative estimate of drug-likeness (QED) is 0.195. The summed E-state index contributed by atoms with van der Waals surface area (Å²) in [5.74, 6) is 0.0333. The predicted octanol–water partition coefficient (Wildman–Crippen LogP) is 7.54. The Labute approximate surface area is 261 Å². The highest BCUT2D eigenvalue weighted by molar-refractivity contribution is 5.68. The summed E-state index contributed by atoms with van der Waals surface area (Å²) in [5, 5.41) is 8.77. The van der Waals surface area contributed by atoms with E-state index in [0.29, 0.717) is 24.6 Å². The summed E-state index contributed by atoms with van der Waals surface area (Å²) >= 11 is 0. The van der Waals surface area contributed by atoms with Gasteiger partial charge in [0, 0.05) is 36.3 Å². The molecule has 1 amide bonds. The summed E-state index contributed by atoms with van der Waals surface area (Å²) in [7, 11) is 0. The summed E-state index contributed by atoms with van der Waals surface area (Å²) < 4.78 is 89.8. The van der Waals surface area contributed by atoms with Crippen LogP contribution in [-0.4, -0.2) is 35.0 Å². The Morgan fingerprint density at radius 2 is 1.61 bits per heavy atom. The topological polar surface area (TPSA) is 97.4 Å². The highest BCUT2D eigenvalue weighted by Gasteiger charge is 2.57. The lowest BCUT2D eigenvalue weighted by Gasteiger charge is -2.61. The standard InChI is InChI=1S/C32H33F6N5O3/c33-31(34,35)24-16-40-28(43-27(24)39-15-22-8-4-5-9-25(22)46-32(36,37)38)41-18-30-13-20-10-21(14-30)12-23(11-20)26(30)42-29(44)45-17-19-6-2-1-3-7-19/h1-9,16,20-21,23,26H,10-15,17-18H2,(H,42,44)(H2,39,40,41,43)/t20-,21?,23?,26-,30?/m0/s1. The average molecular weight is 650 g/mol. The molecule has 0 saturated heterocycles. The Morgan fingerprint density at radius 3 is 2.30 bits per heavy atom. The molecule has 14 heteroatoms. The van der Waals surface area contributed by atoms with Gasteiger partial charge in [0.25, 0.3) is 0 Å². The molecule has 5 atom stereocenters. The van der Waals surface area contributed by atoms with Crippen LogP contribution in [0.25, 0.3) is 0 Å². The third kappa shape index (κ3) is 7.26. The van der Waals surface area contributed by atoms with Gasteiger partial charge in [0.1, 0.15) is 23.7 Å². The van der Waals surface area contributed by atoms with E-state index in [1.807, 2.05) is 30.3 Å². The number of hydrogen-bond donors (Lipinski definition) is 3. The summed E-state index contributed by atoms with van der Waals surface area (Å²) in [4.78, 5) is 20.9. The molecule has 3 N–H and O–H groups in total. The number of ether oxygens (including phenoxy) is 2. The summed E-state index contributed by atoms with van der Waals surface area (Å²) in [5.41, 5.74) is -0.696. The first-order chi connectivity index (χ1) is 21.9. The Balaban J connectivity index is 1.18. The number of aromatic nitrogens is 2. The van der Waals surface area contributed by atoms with E-state index in [9.17, 15) is 31.1 Å². The molecule has 246 valence electrons. The maximum absolute atomic E-state index is 13.9. The van der Waals surface area contributed by atoms with Gasteiger partial charge < -0.3 is 25.4 Å². The van der Waals surface area contributed by atoms with Gasteiger partial charge in [-0.05, 0) is 61.5 Å². The van der Waals surface area contributed by atoms with Crippen LogP contribution in [0.1, 0.15) is 48.8 Å². The Hall–Kier alpha value is -4.23. The van der Waals surface area contributed by atoms with Gasteiger partial charge in [-0.25, -0.2) is 9.78 Å². The van der Waals surface area contributed by atoms with Crippen LogP contribution in [0.15, 0.2) is 60.8 Å². The van der Waals surface area contributed by atoms with E-state index in [1.54, 1.807) is 0 Å². The van der Waals surface area contributed by atoms with Crippen molar-refractivity contribution in [3.05, 3.63) is 77.5 Å². The first-order valence-electron chi connectivity index (χ1n) is 15.1. The minimum Gasteiger partial charge on any atom is -0.445 e. The molecule has 8 nitrogen and oxygen atoms in total. The SMILES string of the molecule is O=C(N[C@H]1C2CC3C[C@@H](C2)CC1(CNc1ncc(C(F)(F)F)c(NCc2ccccc2OC(F)(F)F)n1)C3)OCc1ccccc1. The van der Waals surface area contributed by atoms with Crippen LogP contribution in [0.3, 0.4) is 0 Å². The first kappa shape index (κ1) is 31.7. The molecule has 7 rings (SSSR count). The number of carbonyl (C=O) groups is 1. The molecule has 0 aliphatic heterocycles. The van der Waals surface area contributed by atoms with E-state index in [0.717, 1.165) is 43.7 Å². The normalized spacial score (nSPS) is 25.2. The number of benzene rings is 2. The van der Waals surface area contributed by atoms with Crippen LogP contribution in [-0.2, 0) is 24.1 Å². The molecule has 46 heavy (non-hydrogen) atoms. The van der Waals surface area contributed by atoms with Crippen molar-refractivity contribution in [3.63, 3.8) is 0 Å². The molecule has 0 radical (unpaired) electrons. The monoisotopic (exact) mass is 649 g/mol. The number of amides is 1. The van der Waals surface area contributed by atoms with E-state index in [4.69, 9.17) is 4.74 Å². The summed E-state index contributed by atoms with van der Waals surface area (Å²) in [6.45, 7) is 0.0214. The van der Waals surface area contributed by atoms with Crippen LogP contribution in [0.2, 0.25) is 0 Å². The minimum absolute atomic E-state index is 0.0114. The van der Waals surface area contributed by atoms with Gasteiger partial charge in [-0.3, -0.25) is 0 Å². The van der Waals surface area contributed by atoms with Crippen molar-refractivity contribution in [3.8, 4) is 5.75 Å². The fourth-order valence-corrected chi connectivity index (χ4v) is 7.74. The van der Waals surface area contributed by atoms with Crippen molar-refractivity contribution in [2.45, 2.75) is 63.8 Å². The zero-order valence-corrected chi connectivity index (χ0v) is 24.6. The smallest absolute Gasteiger partial charge is 0.445 e. The number of nitrogens with one attached hydrogen (secondary N) is 3. The molecule has 1 heterocycles. The predicted molar refractivity (Wildman–Crippen MR) is 156 cm³/mol. The number of halogens is 6. The second-order valence-corrected chi connectivity index (χ2v) is 12.5. The largest absolute Gasteiger partial charge is 0.573 e. The number of carbonyl (C=O) groups excluding carboxylic acids is 1. The molecule has 4 fully saturated rings. The third-order valence-corrected chi connectivity index (χ3v) is 9.28. The fourth-order valence-electron chi connectivity index (χ4n) is 7.74. The zero-order chi connectivity index (χ0) is 32.5. The van der Waals surface area contributed by atoms with Gasteiger partial charge in [0.05, 0.1) is 0 Å². The minimum atomic E-state index is -4.97. The Morgan fingerprint density at radius 1 is 0.913 bits per heavy atom. The van der Waals surface area contributed by atoms with Crippen molar-refractivity contribution in [1.29, 1.82) is 0 Å². The second-order valence-electron chi connectivity index (χ2n) is 12.5. The molecular weight excluding hydrogens is 616 g/mol. The van der Waals surface area contributed by atoms with Gasteiger partial charge >= 0.3 is 18.6 Å². The summed E-state index contributed by atoms with van der Waals surface area (Å²) in [6, 6.07) is 14.3. The number of nitrogens with zero attached hydrogens (tertiary/aromatic N) is 2. The highest BCUT2D eigenvalue weighted by atomic mass is 19.4. The lowest BCUT2D eigenvalue weighted by atomic mass is 9.47. The molecular formula is C32H33F6N5O3. The maximum Gasteiger partial charge on any atom is 0.573 e. The van der Waals surface area contributed by atoms with Crippen LogP contribution < -0.4 is 20.7 Å². The van der Waals surface area contributed by atoms with E-state index in [-0.39, 0.29) is 35.5 Å². The molecule has 2 aromatic carbocycles. The van der Waals surface area contributed by atoms with E-state index in [1.165, 1.54) is 18.2 Å². The first-order valence-corrected chi connectivity index (χ1v) is 15.1. The van der Waals surface area contributed by atoms with Crippen molar-refractivity contribution >= 4 is 17.9 Å². The molecule has 0 spiro atoms. The second kappa shape index (κ2) is 12.5. The molecule has 4 aliphatic rings. The van der Waals surface area contributed by atoms with Crippen molar-refractivity contribution in [2.24, 2.45) is 23.2 Å². The molecule has 3 aromatic rings. The van der Waals surface area contributed by atoms with Crippen LogP contribution in [0.5, 0.6) is 5.75 Å².